The predicted octanol–water partition coefficient (Wildman–Crippen LogP) is 1.60. The van der Waals surface area contributed by atoms with Gasteiger partial charge in [-0.05, 0) is 31.5 Å². The molecule has 2 saturated heterocycles. The molecule has 1 unspecified atom stereocenters. The highest BCUT2D eigenvalue weighted by molar-refractivity contribution is 5.95. The Balaban J connectivity index is 1.80. The summed E-state index contributed by atoms with van der Waals surface area (Å²) in [6.07, 6.45) is 0. The van der Waals surface area contributed by atoms with E-state index in [1.54, 1.807) is 35.8 Å². The molecule has 0 radical (unpaired) electrons. The van der Waals surface area contributed by atoms with Crippen molar-refractivity contribution in [2.75, 3.05) is 79.7 Å². The second-order valence-corrected chi connectivity index (χ2v) is 8.98. The van der Waals surface area contributed by atoms with E-state index in [-0.39, 0.29) is 24.1 Å². The monoisotopic (exact) mass is 504 g/mol. The smallest absolute Gasteiger partial charge is 0.338 e. The van der Waals surface area contributed by atoms with Crippen molar-refractivity contribution in [1.29, 1.82) is 0 Å². The van der Waals surface area contributed by atoms with Crippen LogP contribution < -0.4 is 4.74 Å². The quantitative estimate of drug-likeness (QED) is 0.529. The van der Waals surface area contributed by atoms with Crippen molar-refractivity contribution < 1.29 is 33.6 Å². The summed E-state index contributed by atoms with van der Waals surface area (Å²) >= 11 is 0. The Bertz CT molecular complexity index is 973. The van der Waals surface area contributed by atoms with Gasteiger partial charge in [-0.3, -0.25) is 19.6 Å². The summed E-state index contributed by atoms with van der Waals surface area (Å²) in [7, 11) is 1.47. The summed E-state index contributed by atoms with van der Waals surface area (Å²) in [4.78, 5) is 35.1. The molecule has 3 heterocycles. The fraction of sp³-hybridized carbons (Fsp3) is 0.600. The van der Waals surface area contributed by atoms with E-state index in [0.29, 0.717) is 82.8 Å². The van der Waals surface area contributed by atoms with Crippen LogP contribution in [0.15, 0.2) is 29.5 Å². The van der Waals surface area contributed by atoms with Crippen LogP contribution in [0.2, 0.25) is 0 Å². The van der Waals surface area contributed by atoms with E-state index in [0.717, 1.165) is 0 Å². The molecular weight excluding hydrogens is 468 g/mol. The fourth-order valence-electron chi connectivity index (χ4n) is 4.80. The number of carbonyl (C=O) groups is 2. The molecule has 1 N–H and O–H groups in total. The van der Waals surface area contributed by atoms with Crippen molar-refractivity contribution in [3.05, 3.63) is 35.0 Å². The van der Waals surface area contributed by atoms with Gasteiger partial charge in [0, 0.05) is 31.9 Å². The lowest BCUT2D eigenvalue weighted by Crippen LogP contribution is -2.57. The highest BCUT2D eigenvalue weighted by atomic mass is 16.5. The molecular formula is C25H36N4O7. The number of urea groups is 1. The number of methoxy groups -OCH3 is 1. The van der Waals surface area contributed by atoms with E-state index in [4.69, 9.17) is 18.9 Å². The van der Waals surface area contributed by atoms with Crippen molar-refractivity contribution in [3.63, 3.8) is 0 Å². The standard InChI is InChI=1S/C25H36N4O7/c1-4-36-24(31)22-18(2)28(16-26-7-11-34-12-8-26)25(32)29(17-27-9-13-35-14-10-27)23(22)19-5-6-20(30)21(15-19)33-3/h5-6,15,23,30H,4,7-14,16-17H2,1-3H3. The van der Waals surface area contributed by atoms with Gasteiger partial charge < -0.3 is 24.1 Å². The maximum absolute atomic E-state index is 14.1. The van der Waals surface area contributed by atoms with Gasteiger partial charge >= 0.3 is 12.0 Å². The van der Waals surface area contributed by atoms with Crippen LogP contribution >= 0.6 is 0 Å². The topological polar surface area (TPSA) is 104 Å². The molecule has 3 aliphatic heterocycles. The van der Waals surface area contributed by atoms with Gasteiger partial charge in [0.1, 0.15) is 0 Å². The predicted molar refractivity (Wildman–Crippen MR) is 130 cm³/mol. The summed E-state index contributed by atoms with van der Waals surface area (Å²) in [5.74, 6) is -0.225. The maximum Gasteiger partial charge on any atom is 0.338 e. The van der Waals surface area contributed by atoms with Crippen LogP contribution in [0.3, 0.4) is 0 Å². The number of rotatable bonds is 8. The Labute approximate surface area is 211 Å². The molecule has 0 aliphatic carbocycles. The van der Waals surface area contributed by atoms with Gasteiger partial charge in [-0.15, -0.1) is 0 Å². The Kier molecular flexibility index (Phi) is 8.68. The number of ether oxygens (including phenoxy) is 4. The number of benzene rings is 1. The van der Waals surface area contributed by atoms with Crippen molar-refractivity contribution in [3.8, 4) is 11.5 Å². The molecule has 198 valence electrons. The van der Waals surface area contributed by atoms with Crippen LogP contribution in [0.1, 0.15) is 25.5 Å². The number of morpholine rings is 2. The number of aromatic hydroxyl groups is 1. The van der Waals surface area contributed by atoms with Crippen LogP contribution in [0.5, 0.6) is 11.5 Å². The third-order valence-electron chi connectivity index (χ3n) is 6.77. The summed E-state index contributed by atoms with van der Waals surface area (Å²) < 4.78 is 21.8. The Morgan fingerprint density at radius 1 is 1.06 bits per heavy atom. The zero-order valence-corrected chi connectivity index (χ0v) is 21.3. The maximum atomic E-state index is 14.1. The minimum Gasteiger partial charge on any atom is -0.504 e. The minimum atomic E-state index is -0.713. The molecule has 11 nitrogen and oxygen atoms in total. The number of phenolic OH excluding ortho intramolecular Hbond substituents is 1. The van der Waals surface area contributed by atoms with Crippen LogP contribution in [-0.2, 0) is 19.0 Å². The number of amides is 2. The van der Waals surface area contributed by atoms with Gasteiger partial charge in [-0.25, -0.2) is 9.59 Å². The Hall–Kier alpha value is -2.86. The van der Waals surface area contributed by atoms with Gasteiger partial charge in [0.25, 0.3) is 0 Å². The zero-order chi connectivity index (χ0) is 25.7. The molecule has 0 saturated carbocycles. The molecule has 2 amide bonds. The lowest BCUT2D eigenvalue weighted by Gasteiger charge is -2.46. The SMILES string of the molecule is CCOC(=O)C1=C(C)N(CN2CCOCC2)C(=O)N(CN2CCOCC2)C1c1ccc(O)c(OC)c1. The largest absolute Gasteiger partial charge is 0.504 e. The lowest BCUT2D eigenvalue weighted by molar-refractivity contribution is -0.139. The van der Waals surface area contributed by atoms with Gasteiger partial charge in [0.15, 0.2) is 11.5 Å². The Morgan fingerprint density at radius 3 is 2.25 bits per heavy atom. The number of phenols is 1. The first kappa shape index (κ1) is 26.2. The average molecular weight is 505 g/mol. The van der Waals surface area contributed by atoms with E-state index in [9.17, 15) is 14.7 Å². The summed E-state index contributed by atoms with van der Waals surface area (Å²) in [5.41, 5.74) is 1.60. The normalized spacial score (nSPS) is 22.2. The second kappa shape index (κ2) is 11.9. The second-order valence-electron chi connectivity index (χ2n) is 8.98. The molecule has 2 fully saturated rings. The van der Waals surface area contributed by atoms with E-state index >= 15 is 0 Å². The van der Waals surface area contributed by atoms with Crippen molar-refractivity contribution in [2.45, 2.75) is 19.9 Å². The Morgan fingerprint density at radius 2 is 1.67 bits per heavy atom. The van der Waals surface area contributed by atoms with Gasteiger partial charge in [-0.2, -0.15) is 0 Å². The van der Waals surface area contributed by atoms with E-state index < -0.39 is 12.0 Å². The lowest BCUT2D eigenvalue weighted by atomic mass is 9.93. The number of allylic oxidation sites excluding steroid dienone is 1. The molecule has 11 heteroatoms. The number of hydrogen-bond acceptors (Lipinski definition) is 9. The van der Waals surface area contributed by atoms with Crippen molar-refractivity contribution in [1.82, 2.24) is 19.6 Å². The van der Waals surface area contributed by atoms with Crippen LogP contribution in [0.4, 0.5) is 4.79 Å². The minimum absolute atomic E-state index is 0.0181. The highest BCUT2D eigenvalue weighted by Gasteiger charge is 2.43. The number of carbonyl (C=O) groups excluding carboxylic acids is 2. The first-order valence-corrected chi connectivity index (χ1v) is 12.4. The molecule has 0 aromatic heterocycles. The van der Waals surface area contributed by atoms with Gasteiger partial charge in [0.05, 0.1) is 65.1 Å². The van der Waals surface area contributed by atoms with E-state index in [1.807, 2.05) is 0 Å². The van der Waals surface area contributed by atoms with Gasteiger partial charge in [0.2, 0.25) is 0 Å². The van der Waals surface area contributed by atoms with Crippen LogP contribution in [0, 0.1) is 0 Å². The molecule has 1 atom stereocenters. The zero-order valence-electron chi connectivity index (χ0n) is 21.3. The number of nitrogens with zero attached hydrogens (tertiary/aromatic N) is 4. The number of hydrogen-bond donors (Lipinski definition) is 1. The molecule has 0 spiro atoms. The van der Waals surface area contributed by atoms with Gasteiger partial charge in [-0.1, -0.05) is 6.07 Å². The molecule has 3 aliphatic rings. The average Bonchev–Trinajstić information content (AvgIpc) is 2.89. The van der Waals surface area contributed by atoms with E-state index in [2.05, 4.69) is 9.80 Å². The highest BCUT2D eigenvalue weighted by Crippen LogP contribution is 2.40. The van der Waals surface area contributed by atoms with Crippen molar-refractivity contribution in [2.24, 2.45) is 0 Å². The van der Waals surface area contributed by atoms with Crippen LogP contribution in [-0.4, -0.2) is 116 Å². The van der Waals surface area contributed by atoms with Crippen LogP contribution in [0.25, 0.3) is 0 Å². The molecule has 0 bridgehead atoms. The summed E-state index contributed by atoms with van der Waals surface area (Å²) in [6, 6.07) is 3.99. The molecule has 36 heavy (non-hydrogen) atoms. The number of esters is 1. The first-order valence-electron chi connectivity index (χ1n) is 12.4. The molecule has 1 aromatic rings. The summed E-state index contributed by atoms with van der Waals surface area (Å²) in [5, 5.41) is 10.2. The fourth-order valence-corrected chi connectivity index (χ4v) is 4.80. The molecule has 4 rings (SSSR count). The third kappa shape index (κ3) is 5.59. The van der Waals surface area contributed by atoms with E-state index in [1.165, 1.54) is 13.2 Å². The van der Waals surface area contributed by atoms with Crippen molar-refractivity contribution >= 4 is 12.0 Å². The first-order chi connectivity index (χ1) is 17.4. The molecule has 1 aromatic carbocycles. The summed E-state index contributed by atoms with van der Waals surface area (Å²) in [6.45, 7) is 9.54. The third-order valence-corrected chi connectivity index (χ3v) is 6.77.